The summed E-state index contributed by atoms with van der Waals surface area (Å²) in [6.45, 7) is 0. The molecule has 2 aromatic rings. The largest absolute Gasteiger partial charge is 0.423 e. The lowest BCUT2D eigenvalue weighted by Crippen LogP contribution is -2.06. The van der Waals surface area contributed by atoms with E-state index in [9.17, 15) is 0 Å². The summed E-state index contributed by atoms with van der Waals surface area (Å²) in [5.41, 5.74) is 3.53. The van der Waals surface area contributed by atoms with Crippen LogP contribution in [-0.2, 0) is 12.8 Å². The van der Waals surface area contributed by atoms with E-state index in [1.165, 1.54) is 30.5 Å². The van der Waals surface area contributed by atoms with Gasteiger partial charge >= 0.3 is 0 Å². The molecule has 1 aliphatic carbocycles. The molecule has 4 nitrogen and oxygen atoms in total. The van der Waals surface area contributed by atoms with Gasteiger partial charge in [0.1, 0.15) is 0 Å². The van der Waals surface area contributed by atoms with Gasteiger partial charge in [0.05, 0.1) is 0 Å². The molecular formula is C11H11N3O. The van der Waals surface area contributed by atoms with E-state index in [2.05, 4.69) is 15.2 Å². The lowest BCUT2D eigenvalue weighted by molar-refractivity contribution is 0.565. The van der Waals surface area contributed by atoms with E-state index < -0.39 is 0 Å². The van der Waals surface area contributed by atoms with E-state index in [-0.39, 0.29) is 0 Å². The lowest BCUT2D eigenvalue weighted by Gasteiger charge is -2.16. The zero-order valence-electron chi connectivity index (χ0n) is 8.31. The maximum atomic E-state index is 5.24. The van der Waals surface area contributed by atoms with Crippen LogP contribution in [0.4, 0.5) is 0 Å². The van der Waals surface area contributed by atoms with Gasteiger partial charge in [-0.25, -0.2) is 0 Å². The second-order valence-corrected chi connectivity index (χ2v) is 3.73. The van der Waals surface area contributed by atoms with Crippen molar-refractivity contribution in [3.63, 3.8) is 0 Å². The molecular weight excluding hydrogens is 190 g/mol. The van der Waals surface area contributed by atoms with Gasteiger partial charge in [-0.2, -0.15) is 0 Å². The fourth-order valence-corrected chi connectivity index (χ4v) is 2.12. The van der Waals surface area contributed by atoms with Crippen molar-refractivity contribution < 1.29 is 4.42 Å². The van der Waals surface area contributed by atoms with Gasteiger partial charge in [-0.1, -0.05) is 0 Å². The van der Waals surface area contributed by atoms with Gasteiger partial charge in [-0.15, -0.1) is 10.2 Å². The summed E-state index contributed by atoms with van der Waals surface area (Å²) in [6.07, 6.45) is 7.78. The average molecular weight is 201 g/mol. The van der Waals surface area contributed by atoms with Crippen molar-refractivity contribution >= 4 is 0 Å². The number of pyridine rings is 1. The molecule has 15 heavy (non-hydrogen) atoms. The minimum Gasteiger partial charge on any atom is -0.423 e. The van der Waals surface area contributed by atoms with Gasteiger partial charge in [0.15, 0.2) is 0 Å². The molecule has 2 heterocycles. The summed E-state index contributed by atoms with van der Waals surface area (Å²) in [5, 5.41) is 7.66. The monoisotopic (exact) mass is 201 g/mol. The molecule has 2 aromatic heterocycles. The van der Waals surface area contributed by atoms with E-state index in [0.717, 1.165) is 18.4 Å². The molecule has 0 aliphatic heterocycles. The lowest BCUT2D eigenvalue weighted by atomic mass is 9.92. The van der Waals surface area contributed by atoms with Gasteiger partial charge in [-0.3, -0.25) is 4.98 Å². The van der Waals surface area contributed by atoms with Crippen LogP contribution in [0, 0.1) is 0 Å². The molecule has 0 atom stereocenters. The average Bonchev–Trinajstić information content (AvgIpc) is 2.82. The molecule has 1 aliphatic rings. The SMILES string of the molecule is c1cc(-c2nnco2)c2c(n1)CCCC2. The fourth-order valence-electron chi connectivity index (χ4n) is 2.12. The maximum Gasteiger partial charge on any atom is 0.247 e. The van der Waals surface area contributed by atoms with E-state index >= 15 is 0 Å². The highest BCUT2D eigenvalue weighted by Crippen LogP contribution is 2.28. The van der Waals surface area contributed by atoms with E-state index in [0.29, 0.717) is 5.89 Å². The van der Waals surface area contributed by atoms with Gasteiger partial charge in [0.2, 0.25) is 12.3 Å². The van der Waals surface area contributed by atoms with Crippen LogP contribution in [0.15, 0.2) is 23.1 Å². The number of aryl methyl sites for hydroxylation is 1. The van der Waals surface area contributed by atoms with Crippen LogP contribution in [0.5, 0.6) is 0 Å². The number of aromatic nitrogens is 3. The van der Waals surface area contributed by atoms with Crippen LogP contribution in [0.3, 0.4) is 0 Å². The summed E-state index contributed by atoms with van der Waals surface area (Å²) < 4.78 is 5.24. The quantitative estimate of drug-likeness (QED) is 0.708. The van der Waals surface area contributed by atoms with Gasteiger partial charge in [-0.05, 0) is 37.3 Å². The normalized spacial score (nSPS) is 14.9. The molecule has 4 heteroatoms. The topological polar surface area (TPSA) is 51.8 Å². The Morgan fingerprint density at radius 3 is 3.00 bits per heavy atom. The van der Waals surface area contributed by atoms with E-state index in [1.54, 1.807) is 0 Å². The predicted octanol–water partition coefficient (Wildman–Crippen LogP) is 2.01. The van der Waals surface area contributed by atoms with E-state index in [1.807, 2.05) is 12.3 Å². The molecule has 76 valence electrons. The smallest absolute Gasteiger partial charge is 0.247 e. The molecule has 0 radical (unpaired) electrons. The van der Waals surface area contributed by atoms with Crippen LogP contribution < -0.4 is 0 Å². The van der Waals surface area contributed by atoms with Crippen molar-refractivity contribution in [2.24, 2.45) is 0 Å². The zero-order valence-corrected chi connectivity index (χ0v) is 8.31. The Morgan fingerprint density at radius 2 is 2.13 bits per heavy atom. The molecule has 0 spiro atoms. The second-order valence-electron chi connectivity index (χ2n) is 3.73. The van der Waals surface area contributed by atoms with Gasteiger partial charge in [0.25, 0.3) is 0 Å². The van der Waals surface area contributed by atoms with Crippen molar-refractivity contribution in [3.8, 4) is 11.5 Å². The number of hydrogen-bond acceptors (Lipinski definition) is 4. The predicted molar refractivity (Wildman–Crippen MR) is 54.2 cm³/mol. The molecule has 0 bridgehead atoms. The highest BCUT2D eigenvalue weighted by atomic mass is 16.4. The van der Waals surface area contributed by atoms with E-state index in [4.69, 9.17) is 4.42 Å². The van der Waals surface area contributed by atoms with Crippen molar-refractivity contribution in [3.05, 3.63) is 29.9 Å². The summed E-state index contributed by atoms with van der Waals surface area (Å²) >= 11 is 0. The minimum atomic E-state index is 0.607. The van der Waals surface area contributed by atoms with Crippen LogP contribution in [0.25, 0.3) is 11.5 Å². The molecule has 0 amide bonds. The highest BCUT2D eigenvalue weighted by molar-refractivity contribution is 5.59. The molecule has 0 N–H and O–H groups in total. The Labute approximate surface area is 87.4 Å². The summed E-state index contributed by atoms with van der Waals surface area (Å²) in [5.74, 6) is 0.607. The fraction of sp³-hybridized carbons (Fsp3) is 0.364. The summed E-state index contributed by atoms with van der Waals surface area (Å²) in [7, 11) is 0. The molecule has 0 saturated heterocycles. The van der Waals surface area contributed by atoms with Crippen molar-refractivity contribution in [2.75, 3.05) is 0 Å². The Kier molecular flexibility index (Phi) is 1.98. The van der Waals surface area contributed by atoms with Crippen LogP contribution >= 0.6 is 0 Å². The number of nitrogens with zero attached hydrogens (tertiary/aromatic N) is 3. The second kappa shape index (κ2) is 3.46. The first-order valence-electron chi connectivity index (χ1n) is 5.18. The first-order chi connectivity index (χ1) is 7.45. The Hall–Kier alpha value is -1.71. The third-order valence-corrected chi connectivity index (χ3v) is 2.83. The highest BCUT2D eigenvalue weighted by Gasteiger charge is 2.17. The van der Waals surface area contributed by atoms with Crippen LogP contribution in [0.2, 0.25) is 0 Å². The Bertz CT molecular complexity index is 465. The van der Waals surface area contributed by atoms with Gasteiger partial charge < -0.3 is 4.42 Å². The Morgan fingerprint density at radius 1 is 1.20 bits per heavy atom. The first kappa shape index (κ1) is 8.59. The molecule has 3 rings (SSSR count). The first-order valence-corrected chi connectivity index (χ1v) is 5.18. The van der Waals surface area contributed by atoms with Crippen LogP contribution in [0.1, 0.15) is 24.1 Å². The minimum absolute atomic E-state index is 0.607. The Balaban J connectivity index is 2.15. The maximum absolute atomic E-state index is 5.24. The van der Waals surface area contributed by atoms with Crippen molar-refractivity contribution in [1.82, 2.24) is 15.2 Å². The van der Waals surface area contributed by atoms with Crippen molar-refractivity contribution in [1.29, 1.82) is 0 Å². The van der Waals surface area contributed by atoms with Gasteiger partial charge in [0, 0.05) is 17.5 Å². The third kappa shape index (κ3) is 1.42. The zero-order chi connectivity index (χ0) is 10.1. The molecule has 0 saturated carbocycles. The number of rotatable bonds is 1. The summed E-state index contributed by atoms with van der Waals surface area (Å²) in [6, 6.07) is 1.96. The van der Waals surface area contributed by atoms with Crippen molar-refractivity contribution in [2.45, 2.75) is 25.7 Å². The number of hydrogen-bond donors (Lipinski definition) is 0. The summed E-state index contributed by atoms with van der Waals surface area (Å²) in [4.78, 5) is 4.40. The molecule has 0 unspecified atom stereocenters. The third-order valence-electron chi connectivity index (χ3n) is 2.83. The molecule has 0 aromatic carbocycles. The van der Waals surface area contributed by atoms with Crippen LogP contribution in [-0.4, -0.2) is 15.2 Å². The standard InChI is InChI=1S/C11H11N3O/c1-2-4-10-8(3-1)9(5-6-12-10)11-14-13-7-15-11/h5-7H,1-4H2. The number of fused-ring (bicyclic) bond motifs is 1. The molecule has 0 fully saturated rings.